The van der Waals surface area contributed by atoms with Crippen LogP contribution >= 0.6 is 0 Å². The second-order valence-corrected chi connectivity index (χ2v) is 7.11. The van der Waals surface area contributed by atoms with Crippen LogP contribution in [0.1, 0.15) is 5.56 Å². The molecule has 0 aliphatic rings. The lowest BCUT2D eigenvalue weighted by atomic mass is 10.1. The monoisotopic (exact) mass is 345 g/mol. The molecule has 1 heterocycles. The number of anilines is 1. The van der Waals surface area contributed by atoms with Gasteiger partial charge in [-0.3, -0.25) is 9.40 Å². The number of aromatic nitrogens is 2. The van der Waals surface area contributed by atoms with E-state index in [1.54, 1.807) is 11.7 Å². The van der Waals surface area contributed by atoms with Crippen molar-refractivity contribution in [2.75, 3.05) is 4.72 Å². The first-order valence-electron chi connectivity index (χ1n) is 7.27. The van der Waals surface area contributed by atoms with Gasteiger partial charge in [-0.15, -0.1) is 0 Å². The first-order valence-corrected chi connectivity index (χ1v) is 8.92. The highest BCUT2D eigenvalue weighted by Crippen LogP contribution is 2.28. The SMILES string of the molecule is Cn1ncc(NS(=O)(=O)Cc2ccc(F)cc2)c1-c1ccccc1. The Kier molecular flexibility index (Phi) is 4.35. The maximum Gasteiger partial charge on any atom is 0.237 e. The molecule has 124 valence electrons. The summed E-state index contributed by atoms with van der Waals surface area (Å²) in [7, 11) is -1.89. The molecule has 5 nitrogen and oxygen atoms in total. The van der Waals surface area contributed by atoms with E-state index in [1.165, 1.54) is 30.5 Å². The molecule has 0 saturated heterocycles. The van der Waals surface area contributed by atoms with Gasteiger partial charge in [-0.05, 0) is 17.7 Å². The molecule has 1 N–H and O–H groups in total. The Morgan fingerprint density at radius 2 is 1.75 bits per heavy atom. The number of aryl methyl sites for hydroxylation is 1. The summed E-state index contributed by atoms with van der Waals surface area (Å²) < 4.78 is 41.9. The minimum Gasteiger partial charge on any atom is -0.279 e. The van der Waals surface area contributed by atoms with Gasteiger partial charge in [0.1, 0.15) is 5.82 Å². The van der Waals surface area contributed by atoms with Crippen molar-refractivity contribution in [1.29, 1.82) is 0 Å². The Hall–Kier alpha value is -2.67. The summed E-state index contributed by atoms with van der Waals surface area (Å²) in [4.78, 5) is 0. The zero-order chi connectivity index (χ0) is 17.2. The smallest absolute Gasteiger partial charge is 0.237 e. The van der Waals surface area contributed by atoms with Crippen molar-refractivity contribution in [2.24, 2.45) is 7.05 Å². The van der Waals surface area contributed by atoms with Crippen LogP contribution in [0.5, 0.6) is 0 Å². The van der Waals surface area contributed by atoms with Gasteiger partial charge in [-0.25, -0.2) is 12.8 Å². The summed E-state index contributed by atoms with van der Waals surface area (Å²) in [6.45, 7) is 0. The lowest BCUT2D eigenvalue weighted by Gasteiger charge is -2.10. The molecule has 0 atom stereocenters. The Bertz CT molecular complexity index is 936. The largest absolute Gasteiger partial charge is 0.279 e. The second kappa shape index (κ2) is 6.45. The fourth-order valence-corrected chi connectivity index (χ4v) is 3.64. The molecule has 0 bridgehead atoms. The maximum atomic E-state index is 12.9. The molecule has 0 aliphatic heterocycles. The molecule has 0 aliphatic carbocycles. The molecule has 3 aromatic rings. The normalized spacial score (nSPS) is 11.4. The van der Waals surface area contributed by atoms with Crippen LogP contribution in [0.4, 0.5) is 10.1 Å². The third kappa shape index (κ3) is 3.62. The minimum atomic E-state index is -3.64. The topological polar surface area (TPSA) is 64.0 Å². The number of benzene rings is 2. The molecule has 7 heteroatoms. The quantitative estimate of drug-likeness (QED) is 0.772. The van der Waals surface area contributed by atoms with Crippen LogP contribution in [-0.4, -0.2) is 18.2 Å². The summed E-state index contributed by atoms with van der Waals surface area (Å²) in [5.41, 5.74) is 2.45. The lowest BCUT2D eigenvalue weighted by molar-refractivity contribution is 0.600. The van der Waals surface area contributed by atoms with Gasteiger partial charge in [-0.1, -0.05) is 42.5 Å². The van der Waals surface area contributed by atoms with Gasteiger partial charge in [0, 0.05) is 12.6 Å². The molecule has 2 aromatic carbocycles. The Balaban J connectivity index is 1.87. The Labute approximate surface area is 139 Å². The second-order valence-electron chi connectivity index (χ2n) is 5.38. The van der Waals surface area contributed by atoms with Gasteiger partial charge in [0.05, 0.1) is 23.3 Å². The van der Waals surface area contributed by atoms with E-state index in [2.05, 4.69) is 9.82 Å². The zero-order valence-corrected chi connectivity index (χ0v) is 13.8. The molecular weight excluding hydrogens is 329 g/mol. The number of hydrogen-bond acceptors (Lipinski definition) is 3. The van der Waals surface area contributed by atoms with Crippen LogP contribution in [0.2, 0.25) is 0 Å². The van der Waals surface area contributed by atoms with Gasteiger partial charge >= 0.3 is 0 Å². The van der Waals surface area contributed by atoms with Gasteiger partial charge in [0.15, 0.2) is 0 Å². The lowest BCUT2D eigenvalue weighted by Crippen LogP contribution is -2.15. The average molecular weight is 345 g/mol. The highest BCUT2D eigenvalue weighted by Gasteiger charge is 2.17. The molecule has 0 spiro atoms. The molecule has 3 rings (SSSR count). The minimum absolute atomic E-state index is 0.240. The number of hydrogen-bond donors (Lipinski definition) is 1. The van der Waals surface area contributed by atoms with E-state index >= 15 is 0 Å². The van der Waals surface area contributed by atoms with Crippen molar-refractivity contribution in [2.45, 2.75) is 5.75 Å². The van der Waals surface area contributed by atoms with Crippen molar-refractivity contribution in [3.8, 4) is 11.3 Å². The third-order valence-corrected chi connectivity index (χ3v) is 4.77. The highest BCUT2D eigenvalue weighted by molar-refractivity contribution is 7.91. The first-order chi connectivity index (χ1) is 11.4. The summed E-state index contributed by atoms with van der Waals surface area (Å²) >= 11 is 0. The number of nitrogens with zero attached hydrogens (tertiary/aromatic N) is 2. The van der Waals surface area contributed by atoms with Crippen LogP contribution in [0, 0.1) is 5.82 Å². The van der Waals surface area contributed by atoms with E-state index in [0.29, 0.717) is 16.9 Å². The average Bonchev–Trinajstić information content (AvgIpc) is 2.90. The van der Waals surface area contributed by atoms with Crippen molar-refractivity contribution in [1.82, 2.24) is 9.78 Å². The van der Waals surface area contributed by atoms with Crippen molar-refractivity contribution in [3.05, 3.63) is 72.2 Å². The zero-order valence-electron chi connectivity index (χ0n) is 13.0. The predicted octanol–water partition coefficient (Wildman–Crippen LogP) is 3.17. The summed E-state index contributed by atoms with van der Waals surface area (Å²) in [6.07, 6.45) is 1.48. The summed E-state index contributed by atoms with van der Waals surface area (Å²) in [5.74, 6) is -0.640. The summed E-state index contributed by atoms with van der Waals surface area (Å²) in [6, 6.07) is 14.8. The first kappa shape index (κ1) is 16.2. The van der Waals surface area contributed by atoms with E-state index in [1.807, 2.05) is 30.3 Å². The van der Waals surface area contributed by atoms with Crippen molar-refractivity contribution >= 4 is 15.7 Å². The fraction of sp³-hybridized carbons (Fsp3) is 0.118. The summed E-state index contributed by atoms with van der Waals surface area (Å²) in [5, 5.41) is 4.14. The van der Waals surface area contributed by atoms with Crippen molar-refractivity contribution in [3.63, 3.8) is 0 Å². The number of rotatable bonds is 5. The van der Waals surface area contributed by atoms with Gasteiger partial charge in [-0.2, -0.15) is 5.10 Å². The van der Waals surface area contributed by atoms with Crippen LogP contribution in [0.25, 0.3) is 11.3 Å². The molecule has 0 saturated carbocycles. The van der Waals surface area contributed by atoms with Gasteiger partial charge in [0.25, 0.3) is 0 Å². The van der Waals surface area contributed by atoms with E-state index in [0.717, 1.165) is 5.56 Å². The fourth-order valence-electron chi connectivity index (χ4n) is 2.45. The predicted molar refractivity (Wildman–Crippen MR) is 91.3 cm³/mol. The van der Waals surface area contributed by atoms with E-state index in [-0.39, 0.29) is 5.75 Å². The Morgan fingerprint density at radius 1 is 1.08 bits per heavy atom. The van der Waals surface area contributed by atoms with Crippen LogP contribution in [0.15, 0.2) is 60.8 Å². The molecule has 0 radical (unpaired) electrons. The van der Waals surface area contributed by atoms with E-state index < -0.39 is 15.8 Å². The van der Waals surface area contributed by atoms with Gasteiger partial charge in [0.2, 0.25) is 10.0 Å². The van der Waals surface area contributed by atoms with E-state index in [4.69, 9.17) is 0 Å². The van der Waals surface area contributed by atoms with Crippen LogP contribution in [-0.2, 0) is 22.8 Å². The number of halogens is 1. The molecule has 24 heavy (non-hydrogen) atoms. The molecule has 1 aromatic heterocycles. The third-order valence-electron chi connectivity index (χ3n) is 3.52. The van der Waals surface area contributed by atoms with Gasteiger partial charge < -0.3 is 0 Å². The number of nitrogens with one attached hydrogen (secondary N) is 1. The van der Waals surface area contributed by atoms with Crippen LogP contribution < -0.4 is 4.72 Å². The van der Waals surface area contributed by atoms with E-state index in [9.17, 15) is 12.8 Å². The van der Waals surface area contributed by atoms with Crippen LogP contribution in [0.3, 0.4) is 0 Å². The molecule has 0 fully saturated rings. The molecular formula is C17H16FN3O2S. The molecule has 0 amide bonds. The standard InChI is InChI=1S/C17H16FN3O2S/c1-21-17(14-5-3-2-4-6-14)16(11-19-21)20-24(22,23)12-13-7-9-15(18)10-8-13/h2-11,20H,12H2,1H3. The maximum absolute atomic E-state index is 12.9. The molecule has 0 unspecified atom stereocenters. The number of sulfonamides is 1. The Morgan fingerprint density at radius 3 is 2.42 bits per heavy atom. The highest BCUT2D eigenvalue weighted by atomic mass is 32.2. The van der Waals surface area contributed by atoms with Crippen molar-refractivity contribution < 1.29 is 12.8 Å².